The van der Waals surface area contributed by atoms with Crippen LogP contribution in [0.2, 0.25) is 0 Å². The molecule has 0 aliphatic heterocycles. The number of carbonyl (C=O) groups is 2. The number of amides is 1. The van der Waals surface area contributed by atoms with E-state index in [4.69, 9.17) is 10.2 Å². The van der Waals surface area contributed by atoms with Gasteiger partial charge < -0.3 is 30.5 Å². The summed E-state index contributed by atoms with van der Waals surface area (Å²) in [6.07, 6.45) is -4.72. The molecule has 4 atom stereocenters. The molecule has 0 bridgehead atoms. The molecule has 0 radical (unpaired) electrons. The smallest absolute Gasteiger partial charge is 0.217 e. The van der Waals surface area contributed by atoms with Gasteiger partial charge >= 0.3 is 0 Å². The van der Waals surface area contributed by atoms with Gasteiger partial charge in [-0.1, -0.05) is 0 Å². The SMILES string of the molecule is CC(=O)N[C@@H](C=O)[C@@H](O)[C@H](O)C(O)CO. The van der Waals surface area contributed by atoms with Crippen molar-refractivity contribution in [3.8, 4) is 0 Å². The minimum Gasteiger partial charge on any atom is -0.394 e. The molecule has 88 valence electrons. The molecule has 0 rings (SSSR count). The van der Waals surface area contributed by atoms with Crippen LogP contribution in [0.25, 0.3) is 0 Å². The van der Waals surface area contributed by atoms with Gasteiger partial charge in [-0.3, -0.25) is 4.79 Å². The molecule has 0 aromatic heterocycles. The quantitative estimate of drug-likeness (QED) is 0.300. The maximum absolute atomic E-state index is 10.6. The van der Waals surface area contributed by atoms with Crippen LogP contribution in [-0.2, 0) is 9.59 Å². The number of aliphatic hydroxyl groups excluding tert-OH is 4. The standard InChI is InChI=1S/C8H15NO6/c1-4(12)9-5(2-10)7(14)8(15)6(13)3-11/h2,5-8,11,13-15H,3H2,1H3,(H,9,12)/t5-,6?,7+,8+/m0/s1. The number of aliphatic hydroxyl groups is 4. The van der Waals surface area contributed by atoms with Crippen molar-refractivity contribution in [2.45, 2.75) is 31.3 Å². The molecule has 7 nitrogen and oxygen atoms in total. The number of aldehydes is 1. The van der Waals surface area contributed by atoms with Gasteiger partial charge in [-0.2, -0.15) is 0 Å². The largest absolute Gasteiger partial charge is 0.394 e. The minimum absolute atomic E-state index is 0.235. The summed E-state index contributed by atoms with van der Waals surface area (Å²) >= 11 is 0. The van der Waals surface area contributed by atoms with E-state index in [0.29, 0.717) is 0 Å². The van der Waals surface area contributed by atoms with Crippen molar-refractivity contribution in [3.63, 3.8) is 0 Å². The second-order valence-corrected chi connectivity index (χ2v) is 3.09. The van der Waals surface area contributed by atoms with Crippen molar-refractivity contribution in [2.24, 2.45) is 0 Å². The number of hydrogen-bond donors (Lipinski definition) is 5. The minimum atomic E-state index is -1.71. The predicted octanol–water partition coefficient (Wildman–Crippen LogP) is -3.23. The Morgan fingerprint density at radius 2 is 1.87 bits per heavy atom. The average molecular weight is 221 g/mol. The Balaban J connectivity index is 4.42. The van der Waals surface area contributed by atoms with Crippen LogP contribution in [0.1, 0.15) is 6.92 Å². The molecule has 0 aromatic rings. The molecule has 7 heteroatoms. The summed E-state index contributed by atoms with van der Waals surface area (Å²) in [5.74, 6) is -0.558. The zero-order chi connectivity index (χ0) is 12.0. The van der Waals surface area contributed by atoms with Gasteiger partial charge in [-0.15, -0.1) is 0 Å². The molecule has 0 aliphatic rings. The molecule has 0 saturated carbocycles. The summed E-state index contributed by atoms with van der Waals surface area (Å²) < 4.78 is 0. The zero-order valence-electron chi connectivity index (χ0n) is 8.20. The molecule has 1 unspecified atom stereocenters. The summed E-state index contributed by atoms with van der Waals surface area (Å²) in [7, 11) is 0. The lowest BCUT2D eigenvalue weighted by molar-refractivity contribution is -0.129. The molecule has 0 heterocycles. The lowest BCUT2D eigenvalue weighted by atomic mass is 10.0. The van der Waals surface area contributed by atoms with Crippen LogP contribution in [0.15, 0.2) is 0 Å². The highest BCUT2D eigenvalue weighted by Crippen LogP contribution is 2.03. The van der Waals surface area contributed by atoms with Gasteiger partial charge in [0.05, 0.1) is 6.61 Å². The Hall–Kier alpha value is -1.02. The highest BCUT2D eigenvalue weighted by atomic mass is 16.4. The van der Waals surface area contributed by atoms with Gasteiger partial charge in [0, 0.05) is 6.92 Å². The van der Waals surface area contributed by atoms with Crippen molar-refractivity contribution in [3.05, 3.63) is 0 Å². The maximum atomic E-state index is 10.6. The van der Waals surface area contributed by atoms with Crippen molar-refractivity contribution >= 4 is 12.2 Å². The van der Waals surface area contributed by atoms with Crippen LogP contribution >= 0.6 is 0 Å². The van der Waals surface area contributed by atoms with E-state index >= 15 is 0 Å². The highest BCUT2D eigenvalue weighted by molar-refractivity contribution is 5.77. The van der Waals surface area contributed by atoms with Crippen LogP contribution in [0.3, 0.4) is 0 Å². The fourth-order valence-corrected chi connectivity index (χ4v) is 0.983. The molecule has 1 amide bonds. The van der Waals surface area contributed by atoms with E-state index in [0.717, 1.165) is 6.92 Å². The molecule has 0 aliphatic carbocycles. The van der Waals surface area contributed by atoms with Gasteiger partial charge in [0.2, 0.25) is 5.91 Å². The van der Waals surface area contributed by atoms with Crippen molar-refractivity contribution in [1.82, 2.24) is 5.32 Å². The summed E-state index contributed by atoms with van der Waals surface area (Å²) in [6, 6.07) is -1.32. The van der Waals surface area contributed by atoms with E-state index in [9.17, 15) is 19.8 Å². The fraction of sp³-hybridized carbons (Fsp3) is 0.750. The number of carbonyl (C=O) groups excluding carboxylic acids is 2. The number of rotatable bonds is 6. The molecule has 0 aromatic carbocycles. The first-order chi connectivity index (χ1) is 6.93. The summed E-state index contributed by atoms with van der Waals surface area (Å²) in [5, 5.41) is 38.2. The molecule has 5 N–H and O–H groups in total. The van der Waals surface area contributed by atoms with E-state index in [2.05, 4.69) is 5.32 Å². The first-order valence-electron chi connectivity index (χ1n) is 4.31. The summed E-state index contributed by atoms with van der Waals surface area (Å²) in [5.41, 5.74) is 0. The van der Waals surface area contributed by atoms with E-state index < -0.39 is 36.9 Å². The predicted molar refractivity (Wildman–Crippen MR) is 48.8 cm³/mol. The van der Waals surface area contributed by atoms with Gasteiger partial charge in [-0.25, -0.2) is 0 Å². The van der Waals surface area contributed by atoms with Gasteiger partial charge in [0.25, 0.3) is 0 Å². The number of hydrogen-bond acceptors (Lipinski definition) is 6. The highest BCUT2D eigenvalue weighted by Gasteiger charge is 2.31. The third kappa shape index (κ3) is 4.34. The van der Waals surface area contributed by atoms with Crippen LogP contribution in [-0.4, -0.2) is 63.6 Å². The van der Waals surface area contributed by atoms with Crippen LogP contribution < -0.4 is 5.32 Å². The van der Waals surface area contributed by atoms with Crippen LogP contribution in [0.4, 0.5) is 0 Å². The Bertz CT molecular complexity index is 221. The van der Waals surface area contributed by atoms with E-state index in [1.54, 1.807) is 0 Å². The van der Waals surface area contributed by atoms with E-state index in [1.807, 2.05) is 0 Å². The first-order valence-corrected chi connectivity index (χ1v) is 4.31. The second-order valence-electron chi connectivity index (χ2n) is 3.09. The van der Waals surface area contributed by atoms with E-state index in [-0.39, 0.29) is 6.29 Å². The fourth-order valence-electron chi connectivity index (χ4n) is 0.983. The second kappa shape index (κ2) is 6.46. The Kier molecular flexibility index (Phi) is 6.02. The monoisotopic (exact) mass is 221 g/mol. The molecule has 15 heavy (non-hydrogen) atoms. The van der Waals surface area contributed by atoms with Gasteiger partial charge in [-0.05, 0) is 0 Å². The summed E-state index contributed by atoms with van der Waals surface area (Å²) in [4.78, 5) is 21.1. The Labute approximate surface area is 86.3 Å². The molecule has 0 spiro atoms. The normalized spacial score (nSPS) is 18.7. The molecule has 0 fully saturated rings. The topological polar surface area (TPSA) is 127 Å². The van der Waals surface area contributed by atoms with Crippen LogP contribution in [0.5, 0.6) is 0 Å². The Morgan fingerprint density at radius 1 is 1.33 bits per heavy atom. The number of nitrogens with one attached hydrogen (secondary N) is 1. The van der Waals surface area contributed by atoms with Crippen LogP contribution in [0, 0.1) is 0 Å². The first kappa shape index (κ1) is 14.0. The van der Waals surface area contributed by atoms with Crippen molar-refractivity contribution in [1.29, 1.82) is 0 Å². The third-order valence-corrected chi connectivity index (χ3v) is 1.82. The van der Waals surface area contributed by atoms with Gasteiger partial charge in [0.15, 0.2) is 0 Å². The molecular weight excluding hydrogens is 206 g/mol. The molecule has 0 saturated heterocycles. The zero-order valence-corrected chi connectivity index (χ0v) is 8.20. The summed E-state index contributed by atoms with van der Waals surface area (Å²) in [6.45, 7) is 0.377. The lowest BCUT2D eigenvalue weighted by Crippen LogP contribution is -2.53. The van der Waals surface area contributed by atoms with Crippen molar-refractivity contribution in [2.75, 3.05) is 6.61 Å². The maximum Gasteiger partial charge on any atom is 0.217 e. The average Bonchev–Trinajstić information content (AvgIpc) is 2.22. The Morgan fingerprint density at radius 3 is 2.20 bits per heavy atom. The third-order valence-electron chi connectivity index (χ3n) is 1.82. The van der Waals surface area contributed by atoms with E-state index in [1.165, 1.54) is 0 Å². The van der Waals surface area contributed by atoms with Gasteiger partial charge in [0.1, 0.15) is 30.6 Å². The van der Waals surface area contributed by atoms with Crippen molar-refractivity contribution < 1.29 is 30.0 Å². The molecular formula is C8H15NO6. The lowest BCUT2D eigenvalue weighted by Gasteiger charge is -2.25.